The fourth-order valence-corrected chi connectivity index (χ4v) is 3.43. The topological polar surface area (TPSA) is 75.6 Å². The van der Waals surface area contributed by atoms with Crippen LogP contribution < -0.4 is 0 Å². The summed E-state index contributed by atoms with van der Waals surface area (Å²) in [4.78, 5) is 36.7. The van der Waals surface area contributed by atoms with Crippen LogP contribution in [0.4, 0.5) is 0 Å². The molecule has 0 N–H and O–H groups in total. The standard InChI is InChI=1S/C17H20N4O3S/c1-24-17(23)13-3-4-14(19-11-13)16(22)21-7-2-6-20(8-9-21)12-15-18-5-10-25-15/h3-5,10-11H,2,6-9,12H2,1H3. The second kappa shape index (κ2) is 8.17. The summed E-state index contributed by atoms with van der Waals surface area (Å²) < 4.78 is 4.64. The van der Waals surface area contributed by atoms with E-state index >= 15 is 0 Å². The van der Waals surface area contributed by atoms with Crippen LogP contribution in [0.25, 0.3) is 0 Å². The van der Waals surface area contributed by atoms with Gasteiger partial charge in [0.05, 0.1) is 19.2 Å². The molecule has 0 bridgehead atoms. The summed E-state index contributed by atoms with van der Waals surface area (Å²) in [5, 5.41) is 3.08. The molecule has 132 valence electrons. The zero-order valence-electron chi connectivity index (χ0n) is 14.1. The lowest BCUT2D eigenvalue weighted by molar-refractivity contribution is 0.0599. The normalized spacial score (nSPS) is 15.6. The second-order valence-corrected chi connectivity index (χ2v) is 6.75. The number of thiazole rings is 1. The van der Waals surface area contributed by atoms with Crippen molar-refractivity contribution in [2.45, 2.75) is 13.0 Å². The van der Waals surface area contributed by atoms with Gasteiger partial charge in [-0.25, -0.2) is 9.78 Å². The molecule has 1 fully saturated rings. The van der Waals surface area contributed by atoms with E-state index in [9.17, 15) is 9.59 Å². The number of carbonyl (C=O) groups is 2. The number of hydrogen-bond acceptors (Lipinski definition) is 7. The maximum Gasteiger partial charge on any atom is 0.339 e. The van der Waals surface area contributed by atoms with Gasteiger partial charge < -0.3 is 9.64 Å². The molecule has 0 spiro atoms. The molecule has 8 heteroatoms. The Bertz CT molecular complexity index is 718. The van der Waals surface area contributed by atoms with Crippen molar-refractivity contribution in [2.24, 2.45) is 0 Å². The molecule has 0 saturated carbocycles. The largest absolute Gasteiger partial charge is 0.465 e. The molecule has 1 amide bonds. The van der Waals surface area contributed by atoms with Gasteiger partial charge in [-0.3, -0.25) is 14.7 Å². The van der Waals surface area contributed by atoms with Crippen LogP contribution in [0.3, 0.4) is 0 Å². The van der Waals surface area contributed by atoms with Gasteiger partial charge in [0.15, 0.2) is 0 Å². The molecule has 0 unspecified atom stereocenters. The van der Waals surface area contributed by atoms with E-state index in [2.05, 4.69) is 19.6 Å². The van der Waals surface area contributed by atoms with Crippen LogP contribution in [0.15, 0.2) is 29.9 Å². The highest BCUT2D eigenvalue weighted by Gasteiger charge is 2.22. The Kier molecular flexibility index (Phi) is 5.72. The minimum atomic E-state index is -0.459. The van der Waals surface area contributed by atoms with Crippen LogP contribution in [0.1, 0.15) is 32.3 Å². The predicted molar refractivity (Wildman–Crippen MR) is 93.5 cm³/mol. The third-order valence-corrected chi connectivity index (χ3v) is 4.89. The van der Waals surface area contributed by atoms with Crippen molar-refractivity contribution in [1.29, 1.82) is 0 Å². The molecule has 0 radical (unpaired) electrons. The van der Waals surface area contributed by atoms with Crippen molar-refractivity contribution >= 4 is 23.2 Å². The Balaban J connectivity index is 1.60. The Morgan fingerprint density at radius 3 is 2.76 bits per heavy atom. The van der Waals surface area contributed by atoms with Gasteiger partial charge in [-0.15, -0.1) is 11.3 Å². The van der Waals surface area contributed by atoms with E-state index in [1.807, 2.05) is 16.5 Å². The molecule has 2 aromatic heterocycles. The molecule has 7 nitrogen and oxygen atoms in total. The lowest BCUT2D eigenvalue weighted by Gasteiger charge is -2.21. The Labute approximate surface area is 150 Å². The fourth-order valence-electron chi connectivity index (χ4n) is 2.78. The summed E-state index contributed by atoms with van der Waals surface area (Å²) in [5.41, 5.74) is 0.686. The van der Waals surface area contributed by atoms with Gasteiger partial charge in [0.2, 0.25) is 0 Å². The highest BCUT2D eigenvalue weighted by molar-refractivity contribution is 7.09. The monoisotopic (exact) mass is 360 g/mol. The van der Waals surface area contributed by atoms with E-state index in [0.29, 0.717) is 24.3 Å². The number of ether oxygens (including phenoxy) is 1. The summed E-state index contributed by atoms with van der Waals surface area (Å²) in [7, 11) is 1.32. The number of hydrogen-bond donors (Lipinski definition) is 0. The van der Waals surface area contributed by atoms with Gasteiger partial charge in [0.1, 0.15) is 10.7 Å². The molecule has 2 aromatic rings. The van der Waals surface area contributed by atoms with Crippen LogP contribution in [0.5, 0.6) is 0 Å². The maximum absolute atomic E-state index is 12.6. The number of carbonyl (C=O) groups excluding carboxylic acids is 2. The van der Waals surface area contributed by atoms with Gasteiger partial charge in [-0.1, -0.05) is 0 Å². The maximum atomic E-state index is 12.6. The zero-order chi connectivity index (χ0) is 17.6. The minimum absolute atomic E-state index is 0.104. The summed E-state index contributed by atoms with van der Waals surface area (Å²) in [6.45, 7) is 3.94. The summed E-state index contributed by atoms with van der Waals surface area (Å²) in [6.07, 6.45) is 4.11. The van der Waals surface area contributed by atoms with E-state index < -0.39 is 5.97 Å². The summed E-state index contributed by atoms with van der Waals surface area (Å²) in [5.74, 6) is -0.563. The van der Waals surface area contributed by atoms with Crippen molar-refractivity contribution < 1.29 is 14.3 Å². The van der Waals surface area contributed by atoms with Crippen molar-refractivity contribution in [3.05, 3.63) is 46.2 Å². The van der Waals surface area contributed by atoms with Crippen LogP contribution in [0.2, 0.25) is 0 Å². The fraction of sp³-hybridized carbons (Fsp3) is 0.412. The average Bonchev–Trinajstić information content (AvgIpc) is 3.05. The van der Waals surface area contributed by atoms with Gasteiger partial charge in [0, 0.05) is 44.0 Å². The summed E-state index contributed by atoms with van der Waals surface area (Å²) in [6, 6.07) is 3.14. The number of rotatable bonds is 4. The lowest BCUT2D eigenvalue weighted by atomic mass is 10.2. The summed E-state index contributed by atoms with van der Waals surface area (Å²) >= 11 is 1.65. The van der Waals surface area contributed by atoms with E-state index in [1.54, 1.807) is 23.5 Å². The Hall–Kier alpha value is -2.32. The quantitative estimate of drug-likeness (QED) is 0.772. The zero-order valence-corrected chi connectivity index (χ0v) is 14.9. The first-order valence-corrected chi connectivity index (χ1v) is 8.99. The van der Waals surface area contributed by atoms with Crippen molar-refractivity contribution in [3.8, 4) is 0 Å². The van der Waals surface area contributed by atoms with Gasteiger partial charge in [-0.2, -0.15) is 0 Å². The van der Waals surface area contributed by atoms with E-state index in [4.69, 9.17) is 0 Å². The van der Waals surface area contributed by atoms with E-state index in [1.165, 1.54) is 13.3 Å². The van der Waals surface area contributed by atoms with Crippen molar-refractivity contribution in [3.63, 3.8) is 0 Å². The molecule has 1 saturated heterocycles. The third-order valence-electron chi connectivity index (χ3n) is 4.12. The molecule has 0 atom stereocenters. The second-order valence-electron chi connectivity index (χ2n) is 5.77. The first-order chi connectivity index (χ1) is 12.2. The number of nitrogens with zero attached hydrogens (tertiary/aromatic N) is 4. The lowest BCUT2D eigenvalue weighted by Crippen LogP contribution is -2.35. The first-order valence-electron chi connectivity index (χ1n) is 8.12. The molecule has 25 heavy (non-hydrogen) atoms. The Morgan fingerprint density at radius 2 is 2.08 bits per heavy atom. The number of aromatic nitrogens is 2. The molecular weight excluding hydrogens is 340 g/mol. The first kappa shape index (κ1) is 17.5. The Morgan fingerprint density at radius 1 is 1.20 bits per heavy atom. The number of methoxy groups -OCH3 is 1. The van der Waals surface area contributed by atoms with Crippen LogP contribution in [0, 0.1) is 0 Å². The molecule has 0 aliphatic carbocycles. The van der Waals surface area contributed by atoms with Gasteiger partial charge in [-0.05, 0) is 18.6 Å². The number of amides is 1. The smallest absolute Gasteiger partial charge is 0.339 e. The van der Waals surface area contributed by atoms with Crippen molar-refractivity contribution in [1.82, 2.24) is 19.8 Å². The predicted octanol–water partition coefficient (Wildman–Crippen LogP) is 1.67. The van der Waals surface area contributed by atoms with E-state index in [0.717, 1.165) is 31.1 Å². The molecule has 1 aliphatic rings. The van der Waals surface area contributed by atoms with Crippen LogP contribution in [-0.2, 0) is 11.3 Å². The SMILES string of the molecule is COC(=O)c1ccc(C(=O)N2CCCN(Cc3nccs3)CC2)nc1. The third kappa shape index (κ3) is 4.40. The molecule has 0 aromatic carbocycles. The molecule has 3 rings (SSSR count). The highest BCUT2D eigenvalue weighted by Crippen LogP contribution is 2.13. The van der Waals surface area contributed by atoms with Gasteiger partial charge in [0.25, 0.3) is 5.91 Å². The molecule has 3 heterocycles. The minimum Gasteiger partial charge on any atom is -0.465 e. The highest BCUT2D eigenvalue weighted by atomic mass is 32.1. The van der Waals surface area contributed by atoms with Gasteiger partial charge >= 0.3 is 5.97 Å². The average molecular weight is 360 g/mol. The number of pyridine rings is 1. The molecule has 1 aliphatic heterocycles. The van der Waals surface area contributed by atoms with E-state index in [-0.39, 0.29) is 5.91 Å². The number of esters is 1. The van der Waals surface area contributed by atoms with Crippen LogP contribution >= 0.6 is 11.3 Å². The van der Waals surface area contributed by atoms with Crippen LogP contribution in [-0.4, -0.2) is 64.9 Å². The molecular formula is C17H20N4O3S. The van der Waals surface area contributed by atoms with Crippen molar-refractivity contribution in [2.75, 3.05) is 33.3 Å².